The van der Waals surface area contributed by atoms with E-state index in [-0.39, 0.29) is 0 Å². The largest absolute Gasteiger partial charge is 0.489 e. The molecule has 0 fully saturated rings. The third-order valence-corrected chi connectivity index (χ3v) is 4.65. The van der Waals surface area contributed by atoms with Crippen molar-refractivity contribution in [3.8, 4) is 0 Å². The van der Waals surface area contributed by atoms with Gasteiger partial charge in [-0.05, 0) is 44.5 Å². The molecule has 4 rings (SSSR count). The van der Waals surface area contributed by atoms with Gasteiger partial charge in [0.2, 0.25) is 0 Å². The molecule has 0 spiro atoms. The average molecular weight is 278 g/mol. The highest BCUT2D eigenvalue weighted by Gasteiger charge is 2.18. The van der Waals surface area contributed by atoms with Crippen LogP contribution in [0.15, 0.2) is 53.9 Å². The van der Waals surface area contributed by atoms with Crippen molar-refractivity contribution in [2.24, 2.45) is 0 Å². The Morgan fingerprint density at radius 1 is 0.850 bits per heavy atom. The van der Waals surface area contributed by atoms with Crippen LogP contribution < -0.4 is 5.46 Å². The first-order chi connectivity index (χ1) is 9.75. The summed E-state index contributed by atoms with van der Waals surface area (Å²) in [4.78, 5) is 0. The van der Waals surface area contributed by atoms with Gasteiger partial charge in [0, 0.05) is 10.1 Å². The minimum absolute atomic E-state index is 0.562. The molecule has 1 aromatic heterocycles. The van der Waals surface area contributed by atoms with Gasteiger partial charge < -0.3 is 10.0 Å². The van der Waals surface area contributed by atoms with Crippen LogP contribution >= 0.6 is 11.3 Å². The van der Waals surface area contributed by atoms with Crippen LogP contribution in [0.5, 0.6) is 0 Å². The van der Waals surface area contributed by atoms with E-state index in [9.17, 15) is 10.0 Å². The van der Waals surface area contributed by atoms with E-state index in [1.807, 2.05) is 36.4 Å². The minimum atomic E-state index is -1.46. The smallest absolute Gasteiger partial charge is 0.423 e. The molecule has 0 radical (unpaired) electrons. The first-order valence-electron chi connectivity index (χ1n) is 6.43. The lowest BCUT2D eigenvalue weighted by atomic mass is 9.75. The van der Waals surface area contributed by atoms with E-state index in [1.165, 1.54) is 10.1 Å². The van der Waals surface area contributed by atoms with E-state index >= 15 is 0 Å². The maximum atomic E-state index is 9.66. The Bertz CT molecular complexity index is 943. The number of thiophene rings is 1. The molecule has 0 saturated carbocycles. The van der Waals surface area contributed by atoms with Gasteiger partial charge in [-0.1, -0.05) is 36.4 Å². The number of hydrogen-bond acceptors (Lipinski definition) is 3. The van der Waals surface area contributed by atoms with Crippen LogP contribution in [0.25, 0.3) is 31.6 Å². The summed E-state index contributed by atoms with van der Waals surface area (Å²) in [5, 5.41) is 26.8. The van der Waals surface area contributed by atoms with Crippen LogP contribution in [-0.2, 0) is 0 Å². The van der Waals surface area contributed by atoms with Gasteiger partial charge in [0.05, 0.1) is 0 Å². The normalized spacial score (nSPS) is 11.5. The van der Waals surface area contributed by atoms with E-state index < -0.39 is 7.12 Å². The van der Waals surface area contributed by atoms with E-state index in [0.29, 0.717) is 5.46 Å². The van der Waals surface area contributed by atoms with Gasteiger partial charge in [-0.2, -0.15) is 0 Å². The molecule has 20 heavy (non-hydrogen) atoms. The molecule has 0 unspecified atom stereocenters. The van der Waals surface area contributed by atoms with E-state index in [2.05, 4.69) is 17.5 Å². The minimum Gasteiger partial charge on any atom is -0.423 e. The van der Waals surface area contributed by atoms with E-state index in [1.54, 1.807) is 11.3 Å². The van der Waals surface area contributed by atoms with Gasteiger partial charge in [-0.15, -0.1) is 11.3 Å². The summed E-state index contributed by atoms with van der Waals surface area (Å²) in [6, 6.07) is 16.1. The highest BCUT2D eigenvalue weighted by Crippen LogP contribution is 2.33. The first kappa shape index (κ1) is 11.9. The van der Waals surface area contributed by atoms with Crippen molar-refractivity contribution in [2.45, 2.75) is 0 Å². The summed E-state index contributed by atoms with van der Waals surface area (Å²) in [7, 11) is -1.46. The van der Waals surface area contributed by atoms with Gasteiger partial charge in [-0.3, -0.25) is 0 Å². The molecular formula is C16H11BO2S. The van der Waals surface area contributed by atoms with Crippen LogP contribution in [0.2, 0.25) is 0 Å². The Morgan fingerprint density at radius 3 is 2.55 bits per heavy atom. The highest BCUT2D eigenvalue weighted by atomic mass is 32.1. The second-order valence-corrected chi connectivity index (χ2v) is 5.83. The zero-order valence-electron chi connectivity index (χ0n) is 10.6. The van der Waals surface area contributed by atoms with Gasteiger partial charge in [0.25, 0.3) is 0 Å². The lowest BCUT2D eigenvalue weighted by Crippen LogP contribution is -2.30. The summed E-state index contributed by atoms with van der Waals surface area (Å²) in [6.07, 6.45) is 0. The molecule has 0 bridgehead atoms. The summed E-state index contributed by atoms with van der Waals surface area (Å²) >= 11 is 1.70. The molecule has 0 aliphatic rings. The summed E-state index contributed by atoms with van der Waals surface area (Å²) in [5.74, 6) is 0. The van der Waals surface area contributed by atoms with Gasteiger partial charge in [0.15, 0.2) is 0 Å². The fourth-order valence-corrected chi connectivity index (χ4v) is 3.68. The molecule has 1 heterocycles. The molecule has 0 aliphatic carbocycles. The van der Waals surface area contributed by atoms with Crippen LogP contribution in [0.3, 0.4) is 0 Å². The first-order valence-corrected chi connectivity index (χ1v) is 7.31. The summed E-state index contributed by atoms with van der Waals surface area (Å²) in [5.41, 5.74) is 0.562. The maximum absolute atomic E-state index is 9.66. The molecule has 0 amide bonds. The van der Waals surface area contributed by atoms with Gasteiger partial charge in [0.1, 0.15) is 0 Å². The Hall–Kier alpha value is -1.88. The van der Waals surface area contributed by atoms with Crippen LogP contribution in [0.4, 0.5) is 0 Å². The molecule has 0 saturated heterocycles. The molecular weight excluding hydrogens is 267 g/mol. The number of benzene rings is 3. The zero-order valence-corrected chi connectivity index (χ0v) is 11.4. The number of fused-ring (bicyclic) bond motifs is 5. The molecule has 2 N–H and O–H groups in total. The van der Waals surface area contributed by atoms with Crippen LogP contribution in [0.1, 0.15) is 0 Å². The van der Waals surface area contributed by atoms with Crippen molar-refractivity contribution in [1.29, 1.82) is 0 Å². The van der Waals surface area contributed by atoms with Crippen molar-refractivity contribution in [3.63, 3.8) is 0 Å². The Kier molecular flexibility index (Phi) is 2.57. The predicted molar refractivity (Wildman–Crippen MR) is 86.7 cm³/mol. The molecule has 0 aliphatic heterocycles. The Morgan fingerprint density at radius 2 is 1.70 bits per heavy atom. The molecule has 2 nitrogen and oxygen atoms in total. The summed E-state index contributed by atoms with van der Waals surface area (Å²) < 4.78 is 1.22. The van der Waals surface area contributed by atoms with Crippen molar-refractivity contribution in [2.75, 3.05) is 0 Å². The van der Waals surface area contributed by atoms with Crippen LogP contribution in [-0.4, -0.2) is 17.2 Å². The molecule has 4 heteroatoms. The third-order valence-electron chi connectivity index (χ3n) is 3.77. The zero-order chi connectivity index (χ0) is 13.7. The molecule has 96 valence electrons. The van der Waals surface area contributed by atoms with Crippen molar-refractivity contribution < 1.29 is 10.0 Å². The van der Waals surface area contributed by atoms with E-state index in [0.717, 1.165) is 21.5 Å². The molecule has 3 aromatic carbocycles. The molecule has 0 atom stereocenters. The SMILES string of the molecule is OB(O)c1cc2ccccc2c2c1ccc1sccc12. The standard InChI is InChI=1S/C16H11BO2S/c18-17(19)14-9-10-3-1-2-4-11(10)16-12(14)5-6-15-13(16)7-8-20-15/h1-9,18-19H. The Balaban J connectivity index is 2.35. The second kappa shape index (κ2) is 4.31. The second-order valence-electron chi connectivity index (χ2n) is 4.88. The topological polar surface area (TPSA) is 40.5 Å². The maximum Gasteiger partial charge on any atom is 0.489 e. The third kappa shape index (κ3) is 1.59. The monoisotopic (exact) mass is 278 g/mol. The summed E-state index contributed by atoms with van der Waals surface area (Å²) in [6.45, 7) is 0. The van der Waals surface area contributed by atoms with Crippen molar-refractivity contribution >= 4 is 55.5 Å². The average Bonchev–Trinajstić information content (AvgIpc) is 2.94. The van der Waals surface area contributed by atoms with Crippen molar-refractivity contribution in [3.05, 3.63) is 53.9 Å². The Labute approximate surface area is 120 Å². The van der Waals surface area contributed by atoms with Crippen molar-refractivity contribution in [1.82, 2.24) is 0 Å². The lowest BCUT2D eigenvalue weighted by molar-refractivity contribution is 0.426. The van der Waals surface area contributed by atoms with Crippen LogP contribution in [0, 0.1) is 0 Å². The van der Waals surface area contributed by atoms with E-state index in [4.69, 9.17) is 0 Å². The predicted octanol–water partition coefficient (Wildman–Crippen LogP) is 2.89. The molecule has 4 aromatic rings. The van der Waals surface area contributed by atoms with Gasteiger partial charge in [-0.25, -0.2) is 0 Å². The fraction of sp³-hybridized carbons (Fsp3) is 0. The fourth-order valence-electron chi connectivity index (χ4n) is 2.88. The lowest BCUT2D eigenvalue weighted by Gasteiger charge is -2.11. The van der Waals surface area contributed by atoms with Gasteiger partial charge >= 0.3 is 7.12 Å². The number of rotatable bonds is 1. The number of hydrogen-bond donors (Lipinski definition) is 2. The highest BCUT2D eigenvalue weighted by molar-refractivity contribution is 7.17. The quantitative estimate of drug-likeness (QED) is 0.415.